The van der Waals surface area contributed by atoms with Gasteiger partial charge in [0.05, 0.1) is 6.61 Å². The number of benzene rings is 2. The molecule has 0 spiro atoms. The number of carbonyl (C=O) groups excluding carboxylic acids is 2. The molecule has 2 aromatic carbocycles. The first-order valence-electron chi connectivity index (χ1n) is 6.59. The number of hydrogen-bond acceptors (Lipinski definition) is 5. The number of carbonyl (C=O) groups is 2. The maximum atomic E-state index is 12.5. The van der Waals surface area contributed by atoms with E-state index in [1.807, 2.05) is 0 Å². The first-order valence-corrected chi connectivity index (χ1v) is 7.83. The second-order valence-corrected chi connectivity index (χ2v) is 5.78. The molecule has 22 heavy (non-hydrogen) atoms. The molecule has 0 aromatic heterocycles. The Balaban J connectivity index is 1.94. The zero-order valence-electron chi connectivity index (χ0n) is 11.4. The lowest BCUT2D eigenvalue weighted by Gasteiger charge is -2.18. The molecule has 1 aliphatic rings. The van der Waals surface area contributed by atoms with Gasteiger partial charge in [-0.2, -0.15) is 0 Å². The normalized spacial score (nSPS) is 14.2. The minimum absolute atomic E-state index is 0.00633. The summed E-state index contributed by atoms with van der Waals surface area (Å²) in [6.45, 7) is -0.00633. The molecule has 5 nitrogen and oxygen atoms in total. The fourth-order valence-electron chi connectivity index (χ4n) is 2.40. The van der Waals surface area contributed by atoms with Gasteiger partial charge >= 0.3 is 0 Å². The monoisotopic (exact) mass is 315 g/mol. The fourth-order valence-corrected chi connectivity index (χ4v) is 2.62. The summed E-state index contributed by atoms with van der Waals surface area (Å²) < 4.78 is 26.2. The predicted molar refractivity (Wildman–Crippen MR) is 79.0 cm³/mol. The Morgan fingerprint density at radius 1 is 0.909 bits per heavy atom. The standard InChI is InChI=1S/C16H12O5S/c17-15-11-3-1-2-4-12(11)16(18)14-9-10(5-6-13(14)15)21-7-8-22(19)20/h1-6,9H,7-8H2,(H,19,20)/p-1. The van der Waals surface area contributed by atoms with Crippen LogP contribution in [0.4, 0.5) is 0 Å². The SMILES string of the molecule is O=C1c2ccccc2C(=O)c2cc(OCCS(=O)[O-])ccc21. The lowest BCUT2D eigenvalue weighted by atomic mass is 9.84. The molecule has 0 heterocycles. The highest BCUT2D eigenvalue weighted by Crippen LogP contribution is 2.29. The van der Waals surface area contributed by atoms with Crippen LogP contribution < -0.4 is 4.74 Å². The van der Waals surface area contributed by atoms with Crippen LogP contribution in [0.15, 0.2) is 42.5 Å². The Morgan fingerprint density at radius 3 is 2.14 bits per heavy atom. The van der Waals surface area contributed by atoms with Gasteiger partial charge in [-0.3, -0.25) is 13.8 Å². The van der Waals surface area contributed by atoms with Gasteiger partial charge in [-0.15, -0.1) is 0 Å². The van der Waals surface area contributed by atoms with E-state index in [0.29, 0.717) is 22.4 Å². The van der Waals surface area contributed by atoms with E-state index in [1.165, 1.54) is 12.1 Å². The first-order chi connectivity index (χ1) is 10.6. The summed E-state index contributed by atoms with van der Waals surface area (Å²) in [5.41, 5.74) is 1.39. The second-order valence-electron chi connectivity index (χ2n) is 4.77. The van der Waals surface area contributed by atoms with E-state index in [2.05, 4.69) is 0 Å². The molecule has 0 saturated carbocycles. The summed E-state index contributed by atoms with van der Waals surface area (Å²) in [6.07, 6.45) is 0. The third-order valence-electron chi connectivity index (χ3n) is 3.42. The number of rotatable bonds is 4. The molecule has 2 aromatic rings. The summed E-state index contributed by atoms with van der Waals surface area (Å²) in [5.74, 6) is -0.197. The number of ether oxygens (including phenoxy) is 1. The van der Waals surface area contributed by atoms with E-state index in [-0.39, 0.29) is 29.5 Å². The summed E-state index contributed by atoms with van der Waals surface area (Å²) in [7, 11) is 0. The van der Waals surface area contributed by atoms with Crippen molar-refractivity contribution in [2.45, 2.75) is 0 Å². The van der Waals surface area contributed by atoms with Crippen LogP contribution in [0.3, 0.4) is 0 Å². The maximum Gasteiger partial charge on any atom is 0.194 e. The smallest absolute Gasteiger partial charge is 0.194 e. The molecular formula is C16H11O5S-. The number of hydrogen-bond donors (Lipinski definition) is 0. The van der Waals surface area contributed by atoms with Crippen molar-refractivity contribution in [2.75, 3.05) is 12.4 Å². The van der Waals surface area contributed by atoms with E-state index >= 15 is 0 Å². The van der Waals surface area contributed by atoms with Crippen LogP contribution in [0, 0.1) is 0 Å². The Morgan fingerprint density at radius 2 is 1.50 bits per heavy atom. The minimum atomic E-state index is -2.18. The first kappa shape index (κ1) is 14.6. The molecule has 0 N–H and O–H groups in total. The number of fused-ring (bicyclic) bond motifs is 2. The molecule has 3 rings (SSSR count). The van der Waals surface area contributed by atoms with E-state index < -0.39 is 11.1 Å². The van der Waals surface area contributed by atoms with Crippen molar-refractivity contribution >= 4 is 22.6 Å². The average Bonchev–Trinajstić information content (AvgIpc) is 2.52. The van der Waals surface area contributed by atoms with Gasteiger partial charge in [-0.1, -0.05) is 35.3 Å². The molecule has 0 amide bonds. The average molecular weight is 315 g/mol. The second kappa shape index (κ2) is 5.82. The molecule has 0 radical (unpaired) electrons. The quantitative estimate of drug-likeness (QED) is 0.685. The third-order valence-corrected chi connectivity index (χ3v) is 3.92. The van der Waals surface area contributed by atoms with Gasteiger partial charge in [0.1, 0.15) is 5.75 Å². The zero-order chi connectivity index (χ0) is 15.7. The van der Waals surface area contributed by atoms with Gasteiger partial charge in [0.15, 0.2) is 11.6 Å². The summed E-state index contributed by atoms with van der Waals surface area (Å²) in [6, 6.07) is 11.3. The van der Waals surface area contributed by atoms with Crippen molar-refractivity contribution in [2.24, 2.45) is 0 Å². The van der Waals surface area contributed by atoms with Crippen LogP contribution in [-0.4, -0.2) is 32.7 Å². The van der Waals surface area contributed by atoms with Crippen LogP contribution in [0.2, 0.25) is 0 Å². The van der Waals surface area contributed by atoms with Gasteiger partial charge in [0.25, 0.3) is 0 Å². The third kappa shape index (κ3) is 2.58. The Bertz CT molecular complexity index is 797. The van der Waals surface area contributed by atoms with Crippen molar-refractivity contribution in [1.29, 1.82) is 0 Å². The highest BCUT2D eigenvalue weighted by molar-refractivity contribution is 7.79. The maximum absolute atomic E-state index is 12.5. The lowest BCUT2D eigenvalue weighted by Crippen LogP contribution is -2.20. The summed E-state index contributed by atoms with van der Waals surface area (Å²) >= 11 is -2.18. The Hall–Kier alpha value is -2.31. The lowest BCUT2D eigenvalue weighted by molar-refractivity contribution is 0.0979. The minimum Gasteiger partial charge on any atom is -0.772 e. The topological polar surface area (TPSA) is 83.5 Å². The van der Waals surface area contributed by atoms with E-state index in [1.54, 1.807) is 30.3 Å². The Kier molecular flexibility index (Phi) is 3.87. The van der Waals surface area contributed by atoms with Gasteiger partial charge < -0.3 is 9.29 Å². The van der Waals surface area contributed by atoms with Crippen LogP contribution in [0.5, 0.6) is 5.75 Å². The zero-order valence-corrected chi connectivity index (χ0v) is 12.2. The summed E-state index contributed by atoms with van der Waals surface area (Å²) in [5, 5.41) is 0. The molecule has 0 saturated heterocycles. The molecule has 1 atom stereocenters. The molecule has 0 bridgehead atoms. The van der Waals surface area contributed by atoms with Crippen LogP contribution in [-0.2, 0) is 11.1 Å². The van der Waals surface area contributed by atoms with E-state index in [0.717, 1.165) is 0 Å². The van der Waals surface area contributed by atoms with E-state index in [4.69, 9.17) is 4.74 Å². The van der Waals surface area contributed by atoms with E-state index in [9.17, 15) is 18.4 Å². The number of ketones is 2. The van der Waals surface area contributed by atoms with Crippen molar-refractivity contribution < 1.29 is 23.1 Å². The molecule has 0 fully saturated rings. The van der Waals surface area contributed by atoms with Gasteiger partial charge in [-0.25, -0.2) is 0 Å². The molecule has 112 valence electrons. The van der Waals surface area contributed by atoms with Crippen molar-refractivity contribution in [1.82, 2.24) is 0 Å². The molecular weight excluding hydrogens is 304 g/mol. The van der Waals surface area contributed by atoms with Crippen molar-refractivity contribution in [3.05, 3.63) is 64.7 Å². The summed E-state index contributed by atoms with van der Waals surface area (Å²) in [4.78, 5) is 24.9. The van der Waals surface area contributed by atoms with Gasteiger partial charge in [0.2, 0.25) is 0 Å². The highest BCUT2D eigenvalue weighted by atomic mass is 32.2. The van der Waals surface area contributed by atoms with Crippen LogP contribution in [0.1, 0.15) is 31.8 Å². The molecule has 0 aliphatic heterocycles. The molecule has 1 aliphatic carbocycles. The Labute approximate surface area is 129 Å². The van der Waals surface area contributed by atoms with Crippen LogP contribution in [0.25, 0.3) is 0 Å². The molecule has 6 heteroatoms. The predicted octanol–water partition coefficient (Wildman–Crippen LogP) is 1.72. The van der Waals surface area contributed by atoms with Gasteiger partial charge in [-0.05, 0) is 18.2 Å². The largest absolute Gasteiger partial charge is 0.772 e. The van der Waals surface area contributed by atoms with Crippen LogP contribution >= 0.6 is 0 Å². The fraction of sp³-hybridized carbons (Fsp3) is 0.125. The highest BCUT2D eigenvalue weighted by Gasteiger charge is 2.29. The van der Waals surface area contributed by atoms with Crippen molar-refractivity contribution in [3.63, 3.8) is 0 Å². The molecule has 1 unspecified atom stereocenters. The van der Waals surface area contributed by atoms with Gasteiger partial charge in [0, 0.05) is 28.0 Å². The van der Waals surface area contributed by atoms with Crippen molar-refractivity contribution in [3.8, 4) is 5.75 Å².